The van der Waals surface area contributed by atoms with Crippen LogP contribution in [0.15, 0.2) is 6.20 Å². The number of hydrogen-bond acceptors (Lipinski definition) is 4. The standard InChI is InChI=1S/C20H30ClN5O2/c1-23-18(17(21)13-22-23)20(28)25-11-6-16(7-12-25)26-10-4-5-15(14-26)19(27)24-8-2-3-9-24/h13,15-16H,2-12,14H2,1H3/t15-/m0/s1. The molecule has 28 heavy (non-hydrogen) atoms. The van der Waals surface area contributed by atoms with Crippen LogP contribution < -0.4 is 0 Å². The van der Waals surface area contributed by atoms with E-state index in [1.54, 1.807) is 11.7 Å². The first kappa shape index (κ1) is 19.7. The van der Waals surface area contributed by atoms with Crippen LogP contribution in [0, 0.1) is 5.92 Å². The first-order valence-electron chi connectivity index (χ1n) is 10.5. The molecule has 0 aromatic carbocycles. The van der Waals surface area contributed by atoms with Gasteiger partial charge in [0, 0.05) is 45.8 Å². The van der Waals surface area contributed by atoms with Crippen LogP contribution in [0.1, 0.15) is 49.0 Å². The zero-order valence-electron chi connectivity index (χ0n) is 16.6. The van der Waals surface area contributed by atoms with Gasteiger partial charge in [-0.3, -0.25) is 19.2 Å². The number of rotatable bonds is 3. The fourth-order valence-corrected chi connectivity index (χ4v) is 5.22. The number of aromatic nitrogens is 2. The Balaban J connectivity index is 1.32. The minimum atomic E-state index is -0.0378. The fourth-order valence-electron chi connectivity index (χ4n) is 4.97. The van der Waals surface area contributed by atoms with Crippen LogP contribution in [0.5, 0.6) is 0 Å². The van der Waals surface area contributed by atoms with Gasteiger partial charge >= 0.3 is 0 Å². The summed E-state index contributed by atoms with van der Waals surface area (Å²) >= 11 is 6.13. The monoisotopic (exact) mass is 407 g/mol. The lowest BCUT2D eigenvalue weighted by Gasteiger charge is -2.42. The number of nitrogens with zero attached hydrogens (tertiary/aromatic N) is 5. The van der Waals surface area contributed by atoms with Crippen LogP contribution in [-0.4, -0.2) is 81.6 Å². The smallest absolute Gasteiger partial charge is 0.273 e. The largest absolute Gasteiger partial charge is 0.342 e. The Bertz CT molecular complexity index is 703. The molecule has 2 amide bonds. The summed E-state index contributed by atoms with van der Waals surface area (Å²) in [6, 6.07) is 0.459. The molecule has 0 aliphatic carbocycles. The van der Waals surface area contributed by atoms with E-state index in [4.69, 9.17) is 11.6 Å². The number of piperidine rings is 2. The second-order valence-electron chi connectivity index (χ2n) is 8.35. The van der Waals surface area contributed by atoms with Crippen LogP contribution in [0.4, 0.5) is 0 Å². The Hall–Kier alpha value is -1.60. The third-order valence-electron chi connectivity index (χ3n) is 6.58. The fraction of sp³-hybridized carbons (Fsp3) is 0.750. The Morgan fingerprint density at radius 1 is 1.00 bits per heavy atom. The maximum absolute atomic E-state index is 12.8. The van der Waals surface area contributed by atoms with Gasteiger partial charge in [-0.15, -0.1) is 0 Å². The Morgan fingerprint density at radius 3 is 2.36 bits per heavy atom. The van der Waals surface area contributed by atoms with E-state index in [2.05, 4.69) is 14.9 Å². The van der Waals surface area contributed by atoms with Gasteiger partial charge in [0.1, 0.15) is 5.69 Å². The molecule has 0 bridgehead atoms. The van der Waals surface area contributed by atoms with E-state index in [9.17, 15) is 9.59 Å². The molecule has 3 fully saturated rings. The lowest BCUT2D eigenvalue weighted by atomic mass is 9.93. The SMILES string of the molecule is Cn1ncc(Cl)c1C(=O)N1CCC(N2CCC[C@H](C(=O)N3CCCC3)C2)CC1. The van der Waals surface area contributed by atoms with Crippen LogP contribution in [0.25, 0.3) is 0 Å². The summed E-state index contributed by atoms with van der Waals surface area (Å²) in [6.45, 7) is 5.27. The van der Waals surface area contributed by atoms with E-state index in [-0.39, 0.29) is 11.8 Å². The average Bonchev–Trinajstić information content (AvgIpc) is 3.37. The van der Waals surface area contributed by atoms with Crippen molar-refractivity contribution in [2.45, 2.75) is 44.6 Å². The minimum absolute atomic E-state index is 0.0378. The van der Waals surface area contributed by atoms with Crippen molar-refractivity contribution in [2.75, 3.05) is 39.3 Å². The average molecular weight is 408 g/mol. The molecule has 0 saturated carbocycles. The molecule has 3 aliphatic rings. The summed E-state index contributed by atoms with van der Waals surface area (Å²) < 4.78 is 1.55. The predicted molar refractivity (Wildman–Crippen MR) is 107 cm³/mol. The number of amides is 2. The number of hydrogen-bond donors (Lipinski definition) is 0. The number of likely N-dealkylation sites (tertiary alicyclic amines) is 3. The third kappa shape index (κ3) is 3.92. The summed E-state index contributed by atoms with van der Waals surface area (Å²) in [7, 11) is 1.75. The Labute approximate surface area is 171 Å². The molecule has 4 heterocycles. The van der Waals surface area contributed by atoms with Crippen LogP contribution >= 0.6 is 11.6 Å². The van der Waals surface area contributed by atoms with E-state index in [1.165, 1.54) is 6.20 Å². The van der Waals surface area contributed by atoms with Gasteiger partial charge in [0.15, 0.2) is 0 Å². The lowest BCUT2D eigenvalue weighted by molar-refractivity contribution is -0.136. The summed E-state index contributed by atoms with van der Waals surface area (Å²) in [5.74, 6) is 0.476. The molecule has 3 saturated heterocycles. The highest BCUT2D eigenvalue weighted by atomic mass is 35.5. The summed E-state index contributed by atoms with van der Waals surface area (Å²) in [5, 5.41) is 4.48. The third-order valence-corrected chi connectivity index (χ3v) is 6.86. The number of carbonyl (C=O) groups excluding carboxylic acids is 2. The van der Waals surface area contributed by atoms with Crippen molar-refractivity contribution < 1.29 is 9.59 Å². The Morgan fingerprint density at radius 2 is 1.71 bits per heavy atom. The highest BCUT2D eigenvalue weighted by molar-refractivity contribution is 6.33. The topological polar surface area (TPSA) is 61.7 Å². The molecule has 0 N–H and O–H groups in total. The van der Waals surface area contributed by atoms with E-state index in [1.807, 2.05) is 4.90 Å². The molecule has 1 aromatic heterocycles. The normalized spacial score (nSPS) is 24.7. The maximum atomic E-state index is 12.8. The second-order valence-corrected chi connectivity index (χ2v) is 8.76. The van der Waals surface area contributed by atoms with Gasteiger partial charge in [-0.2, -0.15) is 5.10 Å². The van der Waals surface area contributed by atoms with E-state index < -0.39 is 0 Å². The van der Waals surface area contributed by atoms with Crippen LogP contribution in [0.3, 0.4) is 0 Å². The molecule has 8 heteroatoms. The van der Waals surface area contributed by atoms with Gasteiger partial charge in [0.05, 0.1) is 17.1 Å². The summed E-state index contributed by atoms with van der Waals surface area (Å²) in [6.07, 6.45) is 7.82. The van der Waals surface area contributed by atoms with Crippen molar-refractivity contribution in [1.29, 1.82) is 0 Å². The summed E-state index contributed by atoms with van der Waals surface area (Å²) in [4.78, 5) is 32.0. The highest BCUT2D eigenvalue weighted by Crippen LogP contribution is 2.27. The van der Waals surface area contributed by atoms with Crippen LogP contribution in [-0.2, 0) is 11.8 Å². The minimum Gasteiger partial charge on any atom is -0.342 e. The molecule has 7 nitrogen and oxygen atoms in total. The van der Waals surface area contributed by atoms with E-state index >= 15 is 0 Å². The van der Waals surface area contributed by atoms with Crippen molar-refractivity contribution in [2.24, 2.45) is 13.0 Å². The molecule has 0 spiro atoms. The molecule has 1 atom stereocenters. The molecular formula is C20H30ClN5O2. The first-order valence-corrected chi connectivity index (χ1v) is 10.9. The molecule has 3 aliphatic heterocycles. The Kier molecular flexibility index (Phi) is 5.92. The van der Waals surface area contributed by atoms with Crippen molar-refractivity contribution in [3.8, 4) is 0 Å². The molecule has 1 aromatic rings. The molecule has 4 rings (SSSR count). The maximum Gasteiger partial charge on any atom is 0.273 e. The van der Waals surface area contributed by atoms with Crippen molar-refractivity contribution in [1.82, 2.24) is 24.5 Å². The van der Waals surface area contributed by atoms with Crippen molar-refractivity contribution in [3.63, 3.8) is 0 Å². The molecule has 0 radical (unpaired) electrons. The van der Waals surface area contributed by atoms with Gasteiger partial charge in [0.25, 0.3) is 5.91 Å². The summed E-state index contributed by atoms with van der Waals surface area (Å²) in [5.41, 5.74) is 0.467. The van der Waals surface area contributed by atoms with Crippen LogP contribution in [0.2, 0.25) is 5.02 Å². The van der Waals surface area contributed by atoms with Gasteiger partial charge in [-0.25, -0.2) is 0 Å². The van der Waals surface area contributed by atoms with E-state index in [0.717, 1.165) is 77.8 Å². The number of halogens is 1. The highest BCUT2D eigenvalue weighted by Gasteiger charge is 2.35. The van der Waals surface area contributed by atoms with Crippen molar-refractivity contribution >= 4 is 23.4 Å². The molecule has 154 valence electrons. The van der Waals surface area contributed by atoms with E-state index in [0.29, 0.717) is 22.7 Å². The number of aryl methyl sites for hydroxylation is 1. The van der Waals surface area contributed by atoms with Gasteiger partial charge in [-0.1, -0.05) is 11.6 Å². The van der Waals surface area contributed by atoms with Gasteiger partial charge in [-0.05, 0) is 45.1 Å². The lowest BCUT2D eigenvalue weighted by Crippen LogP contribution is -2.51. The first-order chi connectivity index (χ1) is 13.5. The van der Waals surface area contributed by atoms with Crippen molar-refractivity contribution in [3.05, 3.63) is 16.9 Å². The zero-order chi connectivity index (χ0) is 19.7. The van der Waals surface area contributed by atoms with Gasteiger partial charge < -0.3 is 9.80 Å². The predicted octanol–water partition coefficient (Wildman–Crippen LogP) is 2.01. The zero-order valence-corrected chi connectivity index (χ0v) is 17.4. The second kappa shape index (κ2) is 8.41. The quantitative estimate of drug-likeness (QED) is 0.769. The molecule has 0 unspecified atom stereocenters. The number of carbonyl (C=O) groups is 2. The van der Waals surface area contributed by atoms with Gasteiger partial charge in [0.2, 0.25) is 5.91 Å². The molecular weight excluding hydrogens is 378 g/mol.